The fraction of sp³-hybridized carbons (Fsp3) is 0.233. The summed E-state index contributed by atoms with van der Waals surface area (Å²) in [6.07, 6.45) is 3.31. The predicted octanol–water partition coefficient (Wildman–Crippen LogP) is 5.79. The maximum Gasteiger partial charge on any atom is 0.262 e. The van der Waals surface area contributed by atoms with E-state index in [4.69, 9.17) is 27.1 Å². The Morgan fingerprint density at radius 1 is 1.02 bits per heavy atom. The number of anilines is 1. The SMILES string of the molecule is C[C@@H](Oc1cc(-n2cnc3cc(-c4ccc(N5CCN(C)CC5)nc4)ccc32)sc1C(N)=O)c1ccccc1Cl. The number of hydrogen-bond acceptors (Lipinski definition) is 7. The molecule has 10 heteroatoms. The fourth-order valence-corrected chi connectivity index (χ4v) is 6.16. The number of aromatic nitrogens is 3. The minimum absolute atomic E-state index is 0.346. The van der Waals surface area contributed by atoms with Crippen LogP contribution in [-0.4, -0.2) is 58.6 Å². The van der Waals surface area contributed by atoms with E-state index in [1.165, 1.54) is 11.3 Å². The number of rotatable bonds is 7. The summed E-state index contributed by atoms with van der Waals surface area (Å²) in [4.78, 5) is 26.7. The molecule has 1 fully saturated rings. The minimum atomic E-state index is -0.545. The average molecular weight is 573 g/mol. The normalized spacial score (nSPS) is 14.9. The zero-order valence-corrected chi connectivity index (χ0v) is 23.8. The Kier molecular flexibility index (Phi) is 7.18. The van der Waals surface area contributed by atoms with Gasteiger partial charge in [-0.3, -0.25) is 9.36 Å². The highest BCUT2D eigenvalue weighted by molar-refractivity contribution is 7.16. The zero-order chi connectivity index (χ0) is 27.8. The Morgan fingerprint density at radius 3 is 2.52 bits per heavy atom. The molecule has 1 amide bonds. The predicted molar refractivity (Wildman–Crippen MR) is 161 cm³/mol. The summed E-state index contributed by atoms with van der Waals surface area (Å²) in [6, 6.07) is 19.7. The molecule has 0 unspecified atom stereocenters. The Morgan fingerprint density at radius 2 is 1.80 bits per heavy atom. The first-order chi connectivity index (χ1) is 19.4. The van der Waals surface area contributed by atoms with Gasteiger partial charge in [-0.25, -0.2) is 9.97 Å². The average Bonchev–Trinajstić information content (AvgIpc) is 3.57. The summed E-state index contributed by atoms with van der Waals surface area (Å²) in [5.41, 5.74) is 10.4. The summed E-state index contributed by atoms with van der Waals surface area (Å²) in [7, 11) is 2.15. The number of imidazole rings is 1. The van der Waals surface area contributed by atoms with Gasteiger partial charge in [-0.15, -0.1) is 11.3 Å². The first-order valence-corrected chi connectivity index (χ1v) is 14.3. The molecule has 0 aliphatic carbocycles. The number of carbonyl (C=O) groups is 1. The van der Waals surface area contributed by atoms with E-state index in [0.717, 1.165) is 64.7 Å². The number of nitrogens with two attached hydrogens (primary N) is 1. The molecule has 3 aromatic heterocycles. The molecular weight excluding hydrogens is 544 g/mol. The number of pyridine rings is 1. The third kappa shape index (κ3) is 5.15. The molecule has 8 nitrogen and oxygen atoms in total. The third-order valence-corrected chi connectivity index (χ3v) is 8.72. The minimum Gasteiger partial charge on any atom is -0.484 e. The Bertz CT molecular complexity index is 1670. The van der Waals surface area contributed by atoms with Crippen LogP contribution in [0.25, 0.3) is 27.2 Å². The summed E-state index contributed by atoms with van der Waals surface area (Å²) < 4.78 is 8.12. The fourth-order valence-electron chi connectivity index (χ4n) is 4.95. The summed E-state index contributed by atoms with van der Waals surface area (Å²) in [6.45, 7) is 5.95. The highest BCUT2D eigenvalue weighted by Crippen LogP contribution is 2.37. The van der Waals surface area contributed by atoms with Crippen molar-refractivity contribution in [3.8, 4) is 21.9 Å². The van der Waals surface area contributed by atoms with Gasteiger partial charge in [-0.1, -0.05) is 35.9 Å². The van der Waals surface area contributed by atoms with Crippen LogP contribution >= 0.6 is 22.9 Å². The number of fused-ring (bicyclic) bond motifs is 1. The monoisotopic (exact) mass is 572 g/mol. The maximum atomic E-state index is 12.3. The van der Waals surface area contributed by atoms with Crippen LogP contribution in [-0.2, 0) is 0 Å². The van der Waals surface area contributed by atoms with Gasteiger partial charge in [-0.2, -0.15) is 0 Å². The lowest BCUT2D eigenvalue weighted by Crippen LogP contribution is -2.44. The lowest BCUT2D eigenvalue weighted by atomic mass is 10.1. The number of carbonyl (C=O) groups excluding carboxylic acids is 1. The third-order valence-electron chi connectivity index (χ3n) is 7.25. The van der Waals surface area contributed by atoms with Gasteiger partial charge in [0.05, 0.1) is 11.0 Å². The topological polar surface area (TPSA) is 89.5 Å². The molecule has 0 radical (unpaired) electrons. The van der Waals surface area contributed by atoms with Gasteiger partial charge in [-0.05, 0) is 49.9 Å². The standard InChI is InChI=1S/C30H29ClN6O2S/c1-19(22-5-3-4-6-23(22)31)39-26-16-28(40-29(26)30(32)38)37-18-34-24-15-20(7-9-25(24)37)21-8-10-27(33-17-21)36-13-11-35(2)12-14-36/h3-10,15-19H,11-14H2,1-2H3,(H2,32,38)/t19-/m1/s1. The number of halogens is 1. The van der Waals surface area contributed by atoms with E-state index in [1.807, 2.05) is 54.1 Å². The van der Waals surface area contributed by atoms with Crippen molar-refractivity contribution in [2.24, 2.45) is 5.73 Å². The van der Waals surface area contributed by atoms with Crippen LogP contribution in [0, 0.1) is 0 Å². The summed E-state index contributed by atoms with van der Waals surface area (Å²) in [5, 5.41) is 1.38. The number of ether oxygens (including phenoxy) is 1. The molecule has 4 heterocycles. The smallest absolute Gasteiger partial charge is 0.262 e. The molecule has 1 aliphatic rings. The van der Waals surface area contributed by atoms with Gasteiger partial charge in [0.2, 0.25) is 0 Å². The number of likely N-dealkylation sites (N-methyl/N-ethyl adjacent to an activating group) is 1. The highest BCUT2D eigenvalue weighted by atomic mass is 35.5. The second-order valence-corrected chi connectivity index (χ2v) is 11.4. The second kappa shape index (κ2) is 10.9. The van der Waals surface area contributed by atoms with Crippen LogP contribution in [0.15, 0.2) is 73.2 Å². The number of nitrogens with zero attached hydrogens (tertiary/aromatic N) is 5. The second-order valence-electron chi connectivity index (χ2n) is 9.94. The molecule has 1 aliphatic heterocycles. The van der Waals surface area contributed by atoms with Gasteiger partial charge in [0.15, 0.2) is 0 Å². The van der Waals surface area contributed by atoms with Crippen molar-refractivity contribution in [1.29, 1.82) is 0 Å². The van der Waals surface area contributed by atoms with E-state index in [-0.39, 0.29) is 6.10 Å². The van der Waals surface area contributed by atoms with Crippen LogP contribution in [0.1, 0.15) is 28.3 Å². The van der Waals surface area contributed by atoms with Gasteiger partial charge in [0.1, 0.15) is 33.9 Å². The van der Waals surface area contributed by atoms with Crippen molar-refractivity contribution in [3.05, 3.63) is 88.7 Å². The highest BCUT2D eigenvalue weighted by Gasteiger charge is 2.21. The molecule has 40 heavy (non-hydrogen) atoms. The van der Waals surface area contributed by atoms with Crippen LogP contribution in [0.3, 0.4) is 0 Å². The van der Waals surface area contributed by atoms with Gasteiger partial charge >= 0.3 is 0 Å². The molecule has 0 saturated carbocycles. The molecular formula is C30H29ClN6O2S. The molecule has 204 valence electrons. The Hall–Kier alpha value is -3.92. The number of piperazine rings is 1. The largest absolute Gasteiger partial charge is 0.484 e. The maximum absolute atomic E-state index is 12.3. The first kappa shape index (κ1) is 26.3. The summed E-state index contributed by atoms with van der Waals surface area (Å²) in [5.74, 6) is 0.883. The van der Waals surface area contributed by atoms with E-state index >= 15 is 0 Å². The van der Waals surface area contributed by atoms with Crippen molar-refractivity contribution in [3.63, 3.8) is 0 Å². The van der Waals surface area contributed by atoms with E-state index < -0.39 is 5.91 Å². The van der Waals surface area contributed by atoms with Crippen molar-refractivity contribution in [2.45, 2.75) is 13.0 Å². The van der Waals surface area contributed by atoms with Crippen LogP contribution in [0.5, 0.6) is 5.75 Å². The molecule has 1 saturated heterocycles. The number of benzene rings is 2. The van der Waals surface area contributed by atoms with Crippen molar-refractivity contribution < 1.29 is 9.53 Å². The lowest BCUT2D eigenvalue weighted by Gasteiger charge is -2.33. The quantitative estimate of drug-likeness (QED) is 0.265. The number of primary amides is 1. The lowest BCUT2D eigenvalue weighted by molar-refractivity contribution is 0.0998. The van der Waals surface area contributed by atoms with Crippen LogP contribution < -0.4 is 15.4 Å². The molecule has 1 atom stereocenters. The Balaban J connectivity index is 1.26. The number of hydrogen-bond donors (Lipinski definition) is 1. The first-order valence-electron chi connectivity index (χ1n) is 13.1. The molecule has 0 bridgehead atoms. The van der Waals surface area contributed by atoms with E-state index in [9.17, 15) is 4.79 Å². The van der Waals surface area contributed by atoms with E-state index in [1.54, 1.807) is 6.33 Å². The molecule has 0 spiro atoms. The van der Waals surface area contributed by atoms with E-state index in [0.29, 0.717) is 15.6 Å². The number of amides is 1. The molecule has 2 N–H and O–H groups in total. The van der Waals surface area contributed by atoms with Gasteiger partial charge < -0.3 is 20.3 Å². The van der Waals surface area contributed by atoms with E-state index in [2.05, 4.69) is 46.1 Å². The molecule has 2 aromatic carbocycles. The van der Waals surface area contributed by atoms with Gasteiger partial charge in [0.25, 0.3) is 5.91 Å². The van der Waals surface area contributed by atoms with Crippen molar-refractivity contribution in [2.75, 3.05) is 38.1 Å². The van der Waals surface area contributed by atoms with Crippen LogP contribution in [0.4, 0.5) is 5.82 Å². The van der Waals surface area contributed by atoms with Crippen molar-refractivity contribution in [1.82, 2.24) is 19.4 Å². The van der Waals surface area contributed by atoms with Crippen LogP contribution in [0.2, 0.25) is 5.02 Å². The summed E-state index contributed by atoms with van der Waals surface area (Å²) >= 11 is 7.63. The number of thiophene rings is 1. The zero-order valence-electron chi connectivity index (χ0n) is 22.3. The van der Waals surface area contributed by atoms with Gasteiger partial charge in [0, 0.05) is 54.6 Å². The molecule has 5 aromatic rings. The molecule has 6 rings (SSSR count). The Labute approximate surface area is 241 Å². The van der Waals surface area contributed by atoms with Crippen molar-refractivity contribution >= 4 is 45.7 Å².